The number of aryl methyl sites for hydroxylation is 2. The molecule has 0 aliphatic heterocycles. The molecule has 0 saturated heterocycles. The molecule has 3 aromatic rings. The summed E-state index contributed by atoms with van der Waals surface area (Å²) in [5, 5.41) is 3.04. The van der Waals surface area contributed by atoms with Crippen molar-refractivity contribution in [2.75, 3.05) is 10.8 Å². The molecule has 0 aliphatic carbocycles. The van der Waals surface area contributed by atoms with E-state index in [9.17, 15) is 18.0 Å². The third-order valence-electron chi connectivity index (χ3n) is 6.21. The molecule has 9 heteroatoms. The molecular weight excluding hydrogens is 522 g/mol. The fraction of sp³-hybridized carbons (Fsp3) is 0.310. The van der Waals surface area contributed by atoms with Gasteiger partial charge in [0.1, 0.15) is 12.6 Å². The number of carbonyl (C=O) groups is 2. The van der Waals surface area contributed by atoms with E-state index in [1.165, 1.54) is 17.0 Å². The van der Waals surface area contributed by atoms with Crippen molar-refractivity contribution < 1.29 is 18.0 Å². The average Bonchev–Trinajstić information content (AvgIpc) is 2.86. The number of amides is 2. The van der Waals surface area contributed by atoms with Crippen molar-refractivity contribution in [3.8, 4) is 0 Å². The summed E-state index contributed by atoms with van der Waals surface area (Å²) in [6.45, 7) is 8.71. The number of nitrogens with zero attached hydrogens (tertiary/aromatic N) is 2. The largest absolute Gasteiger partial charge is 0.352 e. The van der Waals surface area contributed by atoms with E-state index in [2.05, 4.69) is 5.32 Å². The zero-order valence-electron chi connectivity index (χ0n) is 22.3. The Balaban J connectivity index is 2.06. The minimum atomic E-state index is -4.17. The van der Waals surface area contributed by atoms with Gasteiger partial charge in [-0.15, -0.1) is 0 Å². The first-order chi connectivity index (χ1) is 17.9. The Morgan fingerprint density at radius 3 is 2.11 bits per heavy atom. The number of hydrogen-bond donors (Lipinski definition) is 1. The number of rotatable bonds is 10. The summed E-state index contributed by atoms with van der Waals surface area (Å²) in [4.78, 5) is 28.3. The molecule has 0 aliphatic rings. The van der Waals surface area contributed by atoms with Gasteiger partial charge in [-0.1, -0.05) is 65.7 Å². The lowest BCUT2D eigenvalue weighted by atomic mass is 10.1. The zero-order valence-corrected chi connectivity index (χ0v) is 23.9. The van der Waals surface area contributed by atoms with Crippen LogP contribution in [0.4, 0.5) is 5.69 Å². The molecule has 1 atom stereocenters. The Bertz CT molecular complexity index is 1390. The molecule has 0 radical (unpaired) electrons. The van der Waals surface area contributed by atoms with Gasteiger partial charge in [-0.05, 0) is 70.0 Å². The first-order valence-corrected chi connectivity index (χ1v) is 14.2. The number of benzene rings is 3. The molecule has 7 nitrogen and oxygen atoms in total. The highest BCUT2D eigenvalue weighted by Crippen LogP contribution is 2.31. The molecule has 0 bridgehead atoms. The van der Waals surface area contributed by atoms with E-state index in [4.69, 9.17) is 11.6 Å². The second kappa shape index (κ2) is 12.5. The van der Waals surface area contributed by atoms with E-state index in [0.717, 1.165) is 21.0 Å². The average molecular weight is 556 g/mol. The summed E-state index contributed by atoms with van der Waals surface area (Å²) in [6, 6.07) is 19.5. The molecule has 3 aromatic carbocycles. The van der Waals surface area contributed by atoms with Crippen LogP contribution in [-0.2, 0) is 26.2 Å². The summed E-state index contributed by atoms with van der Waals surface area (Å²) < 4.78 is 28.7. The quantitative estimate of drug-likeness (QED) is 0.377. The Kier molecular flexibility index (Phi) is 9.57. The zero-order chi connectivity index (χ0) is 28.0. The Hall–Kier alpha value is -3.36. The van der Waals surface area contributed by atoms with Crippen LogP contribution in [0, 0.1) is 13.8 Å². The fourth-order valence-corrected chi connectivity index (χ4v) is 5.68. The lowest BCUT2D eigenvalue weighted by Crippen LogP contribution is -2.52. The van der Waals surface area contributed by atoms with E-state index >= 15 is 0 Å². The number of anilines is 1. The molecule has 3 rings (SSSR count). The van der Waals surface area contributed by atoms with E-state index in [-0.39, 0.29) is 34.1 Å². The van der Waals surface area contributed by atoms with Crippen LogP contribution in [-0.4, -0.2) is 43.8 Å². The number of nitrogens with one attached hydrogen (secondary N) is 1. The van der Waals surface area contributed by atoms with E-state index in [1.54, 1.807) is 43.3 Å². The van der Waals surface area contributed by atoms with Crippen LogP contribution in [0.25, 0.3) is 0 Å². The van der Waals surface area contributed by atoms with Gasteiger partial charge in [-0.2, -0.15) is 0 Å². The molecule has 202 valence electrons. The van der Waals surface area contributed by atoms with Crippen LogP contribution < -0.4 is 9.62 Å². The van der Waals surface area contributed by atoms with Crippen molar-refractivity contribution in [3.05, 3.63) is 94.5 Å². The van der Waals surface area contributed by atoms with Crippen molar-refractivity contribution in [3.63, 3.8) is 0 Å². The van der Waals surface area contributed by atoms with Crippen molar-refractivity contribution in [2.24, 2.45) is 0 Å². The summed E-state index contributed by atoms with van der Waals surface area (Å²) in [5.74, 6) is -0.858. The molecule has 0 heterocycles. The third-order valence-corrected chi connectivity index (χ3v) is 8.30. The first-order valence-electron chi connectivity index (χ1n) is 12.4. The van der Waals surface area contributed by atoms with Gasteiger partial charge in [0, 0.05) is 12.6 Å². The molecule has 0 aromatic heterocycles. The second-order valence-electron chi connectivity index (χ2n) is 9.56. The first kappa shape index (κ1) is 29.2. The molecule has 0 fully saturated rings. The molecule has 0 unspecified atom stereocenters. The van der Waals surface area contributed by atoms with Gasteiger partial charge in [-0.3, -0.25) is 13.9 Å². The van der Waals surface area contributed by atoms with Crippen LogP contribution >= 0.6 is 11.6 Å². The van der Waals surface area contributed by atoms with Gasteiger partial charge < -0.3 is 10.2 Å². The Morgan fingerprint density at radius 1 is 0.895 bits per heavy atom. The van der Waals surface area contributed by atoms with Gasteiger partial charge in [-0.25, -0.2) is 8.42 Å². The van der Waals surface area contributed by atoms with Gasteiger partial charge in [0.2, 0.25) is 11.8 Å². The summed E-state index contributed by atoms with van der Waals surface area (Å²) in [5.41, 5.74) is 2.89. The molecule has 0 saturated carbocycles. The predicted molar refractivity (Wildman–Crippen MR) is 152 cm³/mol. The highest BCUT2D eigenvalue weighted by molar-refractivity contribution is 7.92. The summed E-state index contributed by atoms with van der Waals surface area (Å²) >= 11 is 6.43. The summed E-state index contributed by atoms with van der Waals surface area (Å²) in [7, 11) is -4.17. The number of sulfonamides is 1. The maximum atomic E-state index is 13.9. The lowest BCUT2D eigenvalue weighted by Gasteiger charge is -2.32. The topological polar surface area (TPSA) is 86.8 Å². The monoisotopic (exact) mass is 555 g/mol. The normalized spacial score (nSPS) is 12.2. The van der Waals surface area contributed by atoms with Crippen molar-refractivity contribution >= 4 is 39.1 Å². The summed E-state index contributed by atoms with van der Waals surface area (Å²) in [6.07, 6.45) is 0. The van der Waals surface area contributed by atoms with E-state index < -0.39 is 28.5 Å². The smallest absolute Gasteiger partial charge is 0.264 e. The van der Waals surface area contributed by atoms with Crippen LogP contribution in [0.3, 0.4) is 0 Å². The van der Waals surface area contributed by atoms with Crippen LogP contribution in [0.1, 0.15) is 37.5 Å². The van der Waals surface area contributed by atoms with Gasteiger partial charge in [0.15, 0.2) is 0 Å². The molecule has 0 spiro atoms. The standard InChI is InChI=1S/C29H34ClN3O4S/c1-20(2)31-29(35)23(5)32(18-24-11-7-6-10-22(24)4)28(34)19-33(27-13-9-8-12-26(27)30)38(36,37)25-16-14-21(3)15-17-25/h6-17,20,23H,18-19H2,1-5H3,(H,31,35)/t23-/m0/s1. The number of halogens is 1. The number of hydrogen-bond acceptors (Lipinski definition) is 4. The van der Waals surface area contributed by atoms with Crippen LogP contribution in [0.5, 0.6) is 0 Å². The molecule has 38 heavy (non-hydrogen) atoms. The van der Waals surface area contributed by atoms with E-state index in [0.29, 0.717) is 0 Å². The van der Waals surface area contributed by atoms with E-state index in [1.807, 2.05) is 52.0 Å². The predicted octanol–water partition coefficient (Wildman–Crippen LogP) is 5.09. The van der Waals surface area contributed by atoms with Gasteiger partial charge >= 0.3 is 0 Å². The third kappa shape index (κ3) is 6.94. The minimum Gasteiger partial charge on any atom is -0.352 e. The maximum Gasteiger partial charge on any atom is 0.264 e. The fourth-order valence-electron chi connectivity index (χ4n) is 3.96. The molecule has 1 N–H and O–H groups in total. The molecular formula is C29H34ClN3O4S. The Labute approximate surface area is 230 Å². The van der Waals surface area contributed by atoms with Crippen LogP contribution in [0.15, 0.2) is 77.7 Å². The van der Waals surface area contributed by atoms with Crippen molar-refractivity contribution in [1.82, 2.24) is 10.2 Å². The van der Waals surface area contributed by atoms with Crippen LogP contribution in [0.2, 0.25) is 5.02 Å². The van der Waals surface area contributed by atoms with Crippen molar-refractivity contribution in [2.45, 2.75) is 58.1 Å². The minimum absolute atomic E-state index is 0.0341. The van der Waals surface area contributed by atoms with Gasteiger partial charge in [0.25, 0.3) is 10.0 Å². The lowest BCUT2D eigenvalue weighted by molar-refractivity contribution is -0.139. The maximum absolute atomic E-state index is 13.9. The highest BCUT2D eigenvalue weighted by Gasteiger charge is 2.33. The van der Waals surface area contributed by atoms with Gasteiger partial charge in [0.05, 0.1) is 15.6 Å². The Morgan fingerprint density at radius 2 is 1.50 bits per heavy atom. The number of carbonyl (C=O) groups excluding carboxylic acids is 2. The van der Waals surface area contributed by atoms with Crippen molar-refractivity contribution in [1.29, 1.82) is 0 Å². The SMILES string of the molecule is Cc1ccc(S(=O)(=O)N(CC(=O)N(Cc2ccccc2C)[C@@H](C)C(=O)NC(C)C)c2ccccc2Cl)cc1. The second-order valence-corrected chi connectivity index (χ2v) is 11.8. The highest BCUT2D eigenvalue weighted by atomic mass is 35.5. The number of para-hydroxylation sites is 1. The molecule has 2 amide bonds.